The summed E-state index contributed by atoms with van der Waals surface area (Å²) in [5, 5.41) is 9.23. The monoisotopic (exact) mass is 374 g/mol. The Morgan fingerprint density at radius 3 is 2.41 bits per heavy atom. The van der Waals surface area contributed by atoms with Crippen molar-refractivity contribution in [2.45, 2.75) is 40.2 Å². The minimum atomic E-state index is -0.545. The van der Waals surface area contributed by atoms with E-state index in [0.717, 1.165) is 0 Å². The minimum Gasteiger partial charge on any atom is -0.462 e. The van der Waals surface area contributed by atoms with Gasteiger partial charge in [-0.2, -0.15) is 5.26 Å². The Hall–Kier alpha value is -2.82. The van der Waals surface area contributed by atoms with E-state index in [4.69, 9.17) is 9.47 Å². The van der Waals surface area contributed by atoms with Crippen molar-refractivity contribution in [3.8, 4) is 6.07 Å². The largest absolute Gasteiger partial charge is 0.462 e. The molecule has 27 heavy (non-hydrogen) atoms. The quantitative estimate of drug-likeness (QED) is 0.750. The van der Waals surface area contributed by atoms with Gasteiger partial charge in [-0.15, -0.1) is 0 Å². The lowest BCUT2D eigenvalue weighted by Gasteiger charge is -2.36. The Balaban J connectivity index is 2.20. The number of hydrogen-bond donors (Lipinski definition) is 0. The molecule has 146 valence electrons. The van der Waals surface area contributed by atoms with Crippen LogP contribution in [0.4, 0.5) is 10.6 Å². The zero-order valence-corrected chi connectivity index (χ0v) is 16.5. The second-order valence-corrected chi connectivity index (χ2v) is 7.28. The van der Waals surface area contributed by atoms with E-state index in [1.54, 1.807) is 18.7 Å². The topological polar surface area (TPSA) is 95.8 Å². The van der Waals surface area contributed by atoms with E-state index in [1.165, 1.54) is 6.07 Å². The average molecular weight is 374 g/mol. The van der Waals surface area contributed by atoms with Gasteiger partial charge in [0.25, 0.3) is 0 Å². The number of piperazine rings is 1. The average Bonchev–Trinajstić information content (AvgIpc) is 2.60. The molecule has 1 aliphatic heterocycles. The van der Waals surface area contributed by atoms with Gasteiger partial charge in [-0.3, -0.25) is 0 Å². The molecule has 0 bridgehead atoms. The first-order valence-electron chi connectivity index (χ1n) is 8.98. The number of carbonyl (C=O) groups excluding carboxylic acids is 2. The van der Waals surface area contributed by atoms with Gasteiger partial charge < -0.3 is 19.3 Å². The lowest BCUT2D eigenvalue weighted by atomic mass is 10.1. The highest BCUT2D eigenvalue weighted by Gasteiger charge is 2.29. The number of anilines is 1. The number of nitriles is 1. The van der Waals surface area contributed by atoms with Crippen LogP contribution < -0.4 is 4.90 Å². The second kappa shape index (κ2) is 8.25. The molecule has 1 saturated heterocycles. The first-order chi connectivity index (χ1) is 12.7. The summed E-state index contributed by atoms with van der Waals surface area (Å²) in [7, 11) is 0. The van der Waals surface area contributed by atoms with Crippen molar-refractivity contribution in [1.29, 1.82) is 5.26 Å². The summed E-state index contributed by atoms with van der Waals surface area (Å²) in [6.07, 6.45) is -0.350. The molecule has 0 saturated carbocycles. The number of aryl methyl sites for hydroxylation is 1. The molecule has 2 rings (SSSR count). The van der Waals surface area contributed by atoms with Crippen molar-refractivity contribution in [2.75, 3.05) is 37.7 Å². The molecule has 0 aromatic carbocycles. The Morgan fingerprint density at radius 1 is 1.26 bits per heavy atom. The van der Waals surface area contributed by atoms with Gasteiger partial charge in [-0.1, -0.05) is 0 Å². The fourth-order valence-corrected chi connectivity index (χ4v) is 2.73. The second-order valence-electron chi connectivity index (χ2n) is 7.28. The van der Waals surface area contributed by atoms with E-state index >= 15 is 0 Å². The maximum Gasteiger partial charge on any atom is 0.410 e. The highest BCUT2D eigenvalue weighted by molar-refractivity contribution is 5.95. The number of rotatable bonds is 3. The highest BCUT2D eigenvalue weighted by atomic mass is 16.6. The predicted molar refractivity (Wildman–Crippen MR) is 99.7 cm³/mol. The van der Waals surface area contributed by atoms with Crippen molar-refractivity contribution in [2.24, 2.45) is 0 Å². The number of aromatic nitrogens is 1. The Morgan fingerprint density at radius 2 is 1.89 bits per heavy atom. The van der Waals surface area contributed by atoms with Gasteiger partial charge >= 0.3 is 12.1 Å². The summed E-state index contributed by atoms with van der Waals surface area (Å²) in [5.74, 6) is -0.0279. The molecular weight excluding hydrogens is 348 g/mol. The summed E-state index contributed by atoms with van der Waals surface area (Å²) in [5.41, 5.74) is 0.617. The summed E-state index contributed by atoms with van der Waals surface area (Å²) < 4.78 is 10.5. The van der Waals surface area contributed by atoms with Gasteiger partial charge in [0.1, 0.15) is 23.1 Å². The predicted octanol–water partition coefficient (Wildman–Crippen LogP) is 2.50. The van der Waals surface area contributed by atoms with Crippen LogP contribution >= 0.6 is 0 Å². The van der Waals surface area contributed by atoms with E-state index in [0.29, 0.717) is 43.3 Å². The molecule has 0 unspecified atom stereocenters. The molecule has 0 radical (unpaired) electrons. The van der Waals surface area contributed by atoms with Crippen LogP contribution in [0.2, 0.25) is 0 Å². The van der Waals surface area contributed by atoms with Crippen LogP contribution in [0.25, 0.3) is 0 Å². The maximum atomic E-state index is 12.3. The molecule has 0 aliphatic carbocycles. The number of esters is 1. The van der Waals surface area contributed by atoms with Crippen molar-refractivity contribution >= 4 is 17.9 Å². The Bertz CT molecular complexity index is 756. The molecule has 2 heterocycles. The summed E-state index contributed by atoms with van der Waals surface area (Å²) in [4.78, 5) is 32.6. The number of ether oxygens (including phenoxy) is 2. The zero-order chi connectivity index (χ0) is 20.2. The van der Waals surface area contributed by atoms with Crippen molar-refractivity contribution in [3.05, 3.63) is 22.9 Å². The smallest absolute Gasteiger partial charge is 0.410 e. The summed E-state index contributed by atoms with van der Waals surface area (Å²) in [6, 6.07) is 3.57. The number of hydrogen-bond acceptors (Lipinski definition) is 7. The Labute approximate surface area is 159 Å². The van der Waals surface area contributed by atoms with Crippen LogP contribution in [-0.2, 0) is 9.47 Å². The molecule has 1 aliphatic rings. The molecule has 8 heteroatoms. The first kappa shape index (κ1) is 20.5. The normalized spacial score (nSPS) is 14.5. The van der Waals surface area contributed by atoms with Crippen LogP contribution in [0.15, 0.2) is 6.07 Å². The van der Waals surface area contributed by atoms with Crippen LogP contribution in [0.3, 0.4) is 0 Å². The fourth-order valence-electron chi connectivity index (χ4n) is 2.73. The zero-order valence-electron chi connectivity index (χ0n) is 16.5. The van der Waals surface area contributed by atoms with Gasteiger partial charge in [0.2, 0.25) is 0 Å². The molecule has 1 fully saturated rings. The van der Waals surface area contributed by atoms with Crippen molar-refractivity contribution in [1.82, 2.24) is 9.88 Å². The molecule has 0 N–H and O–H groups in total. The lowest BCUT2D eigenvalue weighted by Crippen LogP contribution is -2.50. The molecule has 1 aromatic rings. The summed E-state index contributed by atoms with van der Waals surface area (Å²) >= 11 is 0. The third-order valence-electron chi connectivity index (χ3n) is 4.04. The first-order valence-corrected chi connectivity index (χ1v) is 8.98. The maximum absolute atomic E-state index is 12.3. The number of pyridine rings is 1. The standard InChI is InChI=1S/C19H26N4O4/c1-6-26-17(24)15-11-14(12-20)13(2)21-16(15)22-7-9-23(10-8-22)18(25)27-19(3,4)5/h11H,6-10H2,1-5H3. The molecule has 8 nitrogen and oxygen atoms in total. The third kappa shape index (κ3) is 5.09. The number of carbonyl (C=O) groups is 2. The molecule has 0 spiro atoms. The van der Waals surface area contributed by atoms with Gasteiger partial charge in [0, 0.05) is 26.2 Å². The van der Waals surface area contributed by atoms with Crippen LogP contribution in [-0.4, -0.2) is 60.3 Å². The molecule has 0 atom stereocenters. The van der Waals surface area contributed by atoms with Crippen LogP contribution in [0.5, 0.6) is 0 Å². The number of amides is 1. The van der Waals surface area contributed by atoms with Crippen molar-refractivity contribution < 1.29 is 19.1 Å². The van der Waals surface area contributed by atoms with Crippen LogP contribution in [0.1, 0.15) is 49.3 Å². The summed E-state index contributed by atoms with van der Waals surface area (Å²) in [6.45, 7) is 11.1. The molecule has 1 amide bonds. The fraction of sp³-hybridized carbons (Fsp3) is 0.579. The minimum absolute atomic E-state index is 0.237. The van der Waals surface area contributed by atoms with E-state index in [-0.39, 0.29) is 18.3 Å². The Kier molecular flexibility index (Phi) is 6.26. The van der Waals surface area contributed by atoms with Gasteiger partial charge in [-0.05, 0) is 40.7 Å². The van der Waals surface area contributed by atoms with E-state index in [2.05, 4.69) is 4.98 Å². The van der Waals surface area contributed by atoms with Gasteiger partial charge in [-0.25, -0.2) is 14.6 Å². The van der Waals surface area contributed by atoms with E-state index < -0.39 is 11.6 Å². The van der Waals surface area contributed by atoms with Crippen LogP contribution in [0, 0.1) is 18.3 Å². The third-order valence-corrected chi connectivity index (χ3v) is 4.04. The molecular formula is C19H26N4O4. The van der Waals surface area contributed by atoms with E-state index in [9.17, 15) is 14.9 Å². The lowest BCUT2D eigenvalue weighted by molar-refractivity contribution is 0.0239. The van der Waals surface area contributed by atoms with E-state index in [1.807, 2.05) is 31.7 Å². The number of nitrogens with zero attached hydrogens (tertiary/aromatic N) is 4. The SMILES string of the molecule is CCOC(=O)c1cc(C#N)c(C)nc1N1CCN(C(=O)OC(C)(C)C)CC1. The highest BCUT2D eigenvalue weighted by Crippen LogP contribution is 2.24. The van der Waals surface area contributed by atoms with Gasteiger partial charge in [0.05, 0.1) is 17.9 Å². The van der Waals surface area contributed by atoms with Gasteiger partial charge in [0.15, 0.2) is 0 Å². The molecule has 1 aromatic heterocycles. The van der Waals surface area contributed by atoms with Crippen molar-refractivity contribution in [3.63, 3.8) is 0 Å².